The Balaban J connectivity index is 0.986. The van der Waals surface area contributed by atoms with Crippen molar-refractivity contribution in [3.05, 3.63) is 24.3 Å². The molecule has 2 amide bonds. The normalized spacial score (nSPS) is 35.4. The van der Waals surface area contributed by atoms with Crippen LogP contribution in [-0.4, -0.2) is 65.3 Å². The van der Waals surface area contributed by atoms with E-state index < -0.39 is 0 Å². The second-order valence-electron chi connectivity index (χ2n) is 11.8. The monoisotopic (exact) mass is 492 g/mol. The molecule has 1 aromatic carbocycles. The number of imide groups is 1. The Morgan fingerprint density at radius 2 is 1.49 bits per heavy atom. The second-order valence-corrected chi connectivity index (χ2v) is 12.6. The number of aromatic nitrogens is 1. The first-order valence-corrected chi connectivity index (χ1v) is 14.6. The smallest absolute Gasteiger partial charge is 0.233 e. The number of amides is 2. The zero-order valence-corrected chi connectivity index (χ0v) is 21.3. The Morgan fingerprint density at radius 3 is 2.20 bits per heavy atom. The maximum absolute atomic E-state index is 13.3. The maximum atomic E-state index is 13.3. The summed E-state index contributed by atoms with van der Waals surface area (Å²) in [5, 5.41) is 1.27. The number of rotatable bonds is 5. The lowest BCUT2D eigenvalue weighted by atomic mass is 9.78. The van der Waals surface area contributed by atoms with E-state index in [1.54, 1.807) is 16.4 Å². The standard InChI is InChI=1S/C28H36N4O2S/c33-27-24-18-9-10-19(15-18)25(24)28(34)32(27)17-21-6-2-1-5-20(21)16-30-11-13-31(14-12-30)26-22-7-3-4-8-23(22)35-29-26/h3-4,7-8,18-21,24-25H,1-2,5-6,9-17H2/t18-,19+,20-,21+,24+,25-/m1/s1. The number of fused-ring (bicyclic) bond motifs is 6. The number of likely N-dealkylation sites (tertiary alicyclic amines) is 1. The molecule has 2 aromatic rings. The molecule has 3 heterocycles. The van der Waals surface area contributed by atoms with E-state index >= 15 is 0 Å². The average Bonchev–Trinajstić information content (AvgIpc) is 3.66. The van der Waals surface area contributed by atoms with Crippen LogP contribution in [0.4, 0.5) is 5.82 Å². The number of nitrogens with zero attached hydrogens (tertiary/aromatic N) is 4. The van der Waals surface area contributed by atoms with Gasteiger partial charge in [0.25, 0.3) is 0 Å². The summed E-state index contributed by atoms with van der Waals surface area (Å²) in [5.74, 6) is 3.59. The quantitative estimate of drug-likeness (QED) is 0.584. The Labute approximate surface area is 211 Å². The Kier molecular flexibility index (Phi) is 5.61. The lowest BCUT2D eigenvalue weighted by Crippen LogP contribution is -2.49. The largest absolute Gasteiger partial charge is 0.353 e. The molecule has 2 bridgehead atoms. The number of carbonyl (C=O) groups excluding carboxylic acids is 2. The van der Waals surface area contributed by atoms with Crippen molar-refractivity contribution < 1.29 is 9.59 Å². The molecule has 7 rings (SSSR count). The highest BCUT2D eigenvalue weighted by atomic mass is 32.1. The van der Waals surface area contributed by atoms with Gasteiger partial charge in [-0.1, -0.05) is 25.0 Å². The molecule has 0 spiro atoms. The molecule has 1 aromatic heterocycles. The van der Waals surface area contributed by atoms with Crippen LogP contribution < -0.4 is 4.90 Å². The summed E-state index contributed by atoms with van der Waals surface area (Å²) in [6.07, 6.45) is 8.35. The van der Waals surface area contributed by atoms with E-state index in [0.717, 1.165) is 64.2 Å². The van der Waals surface area contributed by atoms with Gasteiger partial charge in [-0.25, -0.2) is 0 Å². The number of hydrogen-bond acceptors (Lipinski definition) is 6. The fourth-order valence-corrected chi connectivity index (χ4v) is 9.02. The zero-order valence-electron chi connectivity index (χ0n) is 20.5. The van der Waals surface area contributed by atoms with Crippen molar-refractivity contribution in [3.63, 3.8) is 0 Å². The molecule has 2 saturated heterocycles. The highest BCUT2D eigenvalue weighted by Crippen LogP contribution is 2.56. The fourth-order valence-electron chi connectivity index (χ4n) is 8.22. The number of benzene rings is 1. The van der Waals surface area contributed by atoms with Gasteiger partial charge >= 0.3 is 0 Å². The topological polar surface area (TPSA) is 56.8 Å². The van der Waals surface area contributed by atoms with Gasteiger partial charge in [0, 0.05) is 44.7 Å². The van der Waals surface area contributed by atoms with Crippen molar-refractivity contribution in [1.29, 1.82) is 0 Å². The molecule has 3 aliphatic carbocycles. The summed E-state index contributed by atoms with van der Waals surface area (Å²) >= 11 is 1.60. The van der Waals surface area contributed by atoms with Crippen LogP contribution >= 0.6 is 11.5 Å². The van der Waals surface area contributed by atoms with Gasteiger partial charge in [0.15, 0.2) is 0 Å². The predicted octanol–water partition coefficient (Wildman–Crippen LogP) is 4.26. The number of piperazine rings is 1. The maximum Gasteiger partial charge on any atom is 0.233 e. The fraction of sp³-hybridized carbons (Fsp3) is 0.679. The summed E-state index contributed by atoms with van der Waals surface area (Å²) in [5.41, 5.74) is 0. The van der Waals surface area contributed by atoms with Gasteiger partial charge in [-0.3, -0.25) is 19.4 Å². The lowest BCUT2D eigenvalue weighted by Gasteiger charge is -2.40. The van der Waals surface area contributed by atoms with E-state index in [1.165, 1.54) is 29.3 Å². The Morgan fingerprint density at radius 1 is 0.829 bits per heavy atom. The summed E-state index contributed by atoms with van der Waals surface area (Å²) in [7, 11) is 0. The molecule has 0 N–H and O–H groups in total. The minimum atomic E-state index is 0.0261. The van der Waals surface area contributed by atoms with Crippen LogP contribution in [0.3, 0.4) is 0 Å². The first kappa shape index (κ1) is 22.2. The number of hydrogen-bond donors (Lipinski definition) is 0. The highest BCUT2D eigenvalue weighted by molar-refractivity contribution is 7.13. The van der Waals surface area contributed by atoms with Crippen LogP contribution in [0.25, 0.3) is 10.1 Å². The third-order valence-corrected chi connectivity index (χ3v) is 10.8. The number of carbonyl (C=O) groups is 2. The summed E-state index contributed by atoms with van der Waals surface area (Å²) < 4.78 is 6.02. The molecule has 0 radical (unpaired) electrons. The molecule has 5 aliphatic rings. The SMILES string of the molecule is O=C1[C@@H]2[C@H]3CC[C@H](C3)[C@@H]2C(=O)N1C[C@@H]1CCCC[C@@H]1CN1CCN(c2nsc3ccccc23)CC1. The molecule has 3 saturated carbocycles. The van der Waals surface area contributed by atoms with Crippen LogP contribution in [0.1, 0.15) is 44.9 Å². The van der Waals surface area contributed by atoms with Gasteiger partial charge in [-0.15, -0.1) is 0 Å². The van der Waals surface area contributed by atoms with Crippen molar-refractivity contribution in [1.82, 2.24) is 14.2 Å². The number of anilines is 1. The van der Waals surface area contributed by atoms with E-state index in [9.17, 15) is 9.59 Å². The molecule has 5 fully saturated rings. The van der Waals surface area contributed by atoms with Gasteiger partial charge in [0.1, 0.15) is 5.82 Å². The molecule has 6 atom stereocenters. The van der Waals surface area contributed by atoms with Gasteiger partial charge in [-0.05, 0) is 79.4 Å². The predicted molar refractivity (Wildman–Crippen MR) is 138 cm³/mol. The third kappa shape index (κ3) is 3.72. The van der Waals surface area contributed by atoms with Crippen molar-refractivity contribution in [3.8, 4) is 0 Å². The van der Waals surface area contributed by atoms with E-state index in [-0.39, 0.29) is 23.7 Å². The van der Waals surface area contributed by atoms with E-state index in [4.69, 9.17) is 4.37 Å². The van der Waals surface area contributed by atoms with Gasteiger partial charge in [0.05, 0.1) is 16.5 Å². The van der Waals surface area contributed by atoms with Crippen molar-refractivity contribution in [2.45, 2.75) is 44.9 Å². The zero-order chi connectivity index (χ0) is 23.5. The van der Waals surface area contributed by atoms with E-state index in [0.29, 0.717) is 30.2 Å². The lowest BCUT2D eigenvalue weighted by molar-refractivity contribution is -0.142. The van der Waals surface area contributed by atoms with Gasteiger partial charge < -0.3 is 4.90 Å². The minimum absolute atomic E-state index is 0.0261. The van der Waals surface area contributed by atoms with Crippen LogP contribution in [0.2, 0.25) is 0 Å². The summed E-state index contributed by atoms with van der Waals surface area (Å²) in [6.45, 7) is 5.93. The van der Waals surface area contributed by atoms with Crippen molar-refractivity contribution in [2.75, 3.05) is 44.2 Å². The van der Waals surface area contributed by atoms with Crippen LogP contribution in [0.5, 0.6) is 0 Å². The summed E-state index contributed by atoms with van der Waals surface area (Å²) in [4.78, 5) is 33.4. The van der Waals surface area contributed by atoms with Crippen LogP contribution in [-0.2, 0) is 9.59 Å². The molecular weight excluding hydrogens is 456 g/mol. The van der Waals surface area contributed by atoms with Crippen molar-refractivity contribution >= 4 is 39.3 Å². The Hall–Kier alpha value is -1.99. The third-order valence-electron chi connectivity index (χ3n) is 10.0. The minimum Gasteiger partial charge on any atom is -0.353 e. The van der Waals surface area contributed by atoms with Crippen molar-refractivity contribution in [2.24, 2.45) is 35.5 Å². The molecule has 6 nitrogen and oxygen atoms in total. The molecular formula is C28H36N4O2S. The van der Waals surface area contributed by atoms with Crippen LogP contribution in [0.15, 0.2) is 24.3 Å². The first-order chi connectivity index (χ1) is 17.2. The van der Waals surface area contributed by atoms with Gasteiger partial charge in [0.2, 0.25) is 11.8 Å². The average molecular weight is 493 g/mol. The van der Waals surface area contributed by atoms with E-state index in [2.05, 4.69) is 34.1 Å². The molecule has 0 unspecified atom stereocenters. The Bertz CT molecular complexity index is 1100. The van der Waals surface area contributed by atoms with E-state index in [1.807, 2.05) is 0 Å². The van der Waals surface area contributed by atoms with Gasteiger partial charge in [-0.2, -0.15) is 4.37 Å². The summed E-state index contributed by atoms with van der Waals surface area (Å²) in [6, 6.07) is 8.54. The highest BCUT2D eigenvalue weighted by Gasteiger charge is 2.61. The molecule has 35 heavy (non-hydrogen) atoms. The molecule has 186 valence electrons. The molecule has 7 heteroatoms. The van der Waals surface area contributed by atoms with Crippen LogP contribution in [0, 0.1) is 35.5 Å². The first-order valence-electron chi connectivity index (χ1n) is 13.8. The second kappa shape index (κ2) is 8.84. The molecule has 2 aliphatic heterocycles.